The van der Waals surface area contributed by atoms with E-state index in [1.165, 1.54) is 23.1 Å². The van der Waals surface area contributed by atoms with Crippen LogP contribution in [0.25, 0.3) is 0 Å². The first-order valence-electron chi connectivity index (χ1n) is 7.26. The number of rotatable bonds is 3. The summed E-state index contributed by atoms with van der Waals surface area (Å²) in [5.41, 5.74) is 1.07. The lowest BCUT2D eigenvalue weighted by atomic mass is 9.98. The van der Waals surface area contributed by atoms with Crippen molar-refractivity contribution in [2.24, 2.45) is 0 Å². The van der Waals surface area contributed by atoms with Crippen molar-refractivity contribution in [2.45, 2.75) is 12.5 Å². The number of amides is 1. The molecule has 3 rings (SSSR count). The van der Waals surface area contributed by atoms with Gasteiger partial charge < -0.3 is 9.64 Å². The molecule has 126 valence electrons. The highest BCUT2D eigenvalue weighted by Gasteiger charge is 2.35. The second kappa shape index (κ2) is 6.16. The van der Waals surface area contributed by atoms with Gasteiger partial charge in [0.15, 0.2) is 0 Å². The van der Waals surface area contributed by atoms with Gasteiger partial charge in [-0.25, -0.2) is 4.39 Å². The zero-order valence-corrected chi connectivity index (χ0v) is 13.1. The monoisotopic (exact) mass is 344 g/mol. The van der Waals surface area contributed by atoms with Crippen LogP contribution < -0.4 is 0 Å². The molecule has 1 aromatic rings. The molecule has 0 aliphatic carbocycles. The van der Waals surface area contributed by atoms with E-state index < -0.39 is 16.3 Å². The van der Waals surface area contributed by atoms with Gasteiger partial charge in [-0.1, -0.05) is 0 Å². The molecular formula is C14H17FN2O5S. The highest BCUT2D eigenvalue weighted by molar-refractivity contribution is 7.83. The largest absolute Gasteiger partial charge is 0.378 e. The summed E-state index contributed by atoms with van der Waals surface area (Å²) < 4.78 is 51.6. The van der Waals surface area contributed by atoms with E-state index in [2.05, 4.69) is 0 Å². The van der Waals surface area contributed by atoms with Crippen LogP contribution in [0.5, 0.6) is 0 Å². The summed E-state index contributed by atoms with van der Waals surface area (Å²) in [4.78, 5) is 14.0. The average molecular weight is 344 g/mol. The van der Waals surface area contributed by atoms with Crippen molar-refractivity contribution in [2.75, 3.05) is 32.8 Å². The maximum Gasteiger partial charge on any atom is 0.336 e. The average Bonchev–Trinajstić information content (AvgIpc) is 2.49. The molecule has 1 aromatic carbocycles. The van der Waals surface area contributed by atoms with Crippen LogP contribution in [0, 0.1) is 5.82 Å². The van der Waals surface area contributed by atoms with Crippen molar-refractivity contribution >= 4 is 16.2 Å². The summed E-state index contributed by atoms with van der Waals surface area (Å²) in [5, 5.41) is 0. The summed E-state index contributed by atoms with van der Waals surface area (Å²) in [7, 11) is -4.34. The predicted octanol–water partition coefficient (Wildman–Crippen LogP) is 0.328. The third-order valence-corrected chi connectivity index (χ3v) is 5.21. The first-order valence-corrected chi connectivity index (χ1v) is 8.65. The minimum absolute atomic E-state index is 0.0489. The minimum atomic E-state index is -4.34. The Labute approximate surface area is 133 Å². The molecule has 0 saturated carbocycles. The Morgan fingerprint density at radius 1 is 1.35 bits per heavy atom. The van der Waals surface area contributed by atoms with Crippen LogP contribution in [0.2, 0.25) is 0 Å². The third kappa shape index (κ3) is 3.37. The van der Waals surface area contributed by atoms with E-state index in [4.69, 9.17) is 4.74 Å². The van der Waals surface area contributed by atoms with Crippen molar-refractivity contribution in [1.82, 2.24) is 9.21 Å². The first-order chi connectivity index (χ1) is 10.9. The SMILES string of the molecule is O=C1c2ccc(F)cc2CCN1C[C@H]1COCCN1S(=O)(=O)O. The molecule has 7 nitrogen and oxygen atoms in total. The van der Waals surface area contributed by atoms with E-state index in [0.717, 1.165) is 4.31 Å². The van der Waals surface area contributed by atoms with Crippen molar-refractivity contribution in [3.05, 3.63) is 35.1 Å². The van der Waals surface area contributed by atoms with Gasteiger partial charge in [-0.05, 0) is 30.2 Å². The van der Waals surface area contributed by atoms with Crippen LogP contribution in [0.3, 0.4) is 0 Å². The molecule has 2 aliphatic heterocycles. The van der Waals surface area contributed by atoms with Crippen molar-refractivity contribution in [3.8, 4) is 0 Å². The van der Waals surface area contributed by atoms with Gasteiger partial charge in [0, 0.05) is 25.2 Å². The molecular weight excluding hydrogens is 327 g/mol. The fourth-order valence-electron chi connectivity index (χ4n) is 3.02. The number of fused-ring (bicyclic) bond motifs is 1. The number of ether oxygens (including phenoxy) is 1. The highest BCUT2D eigenvalue weighted by atomic mass is 32.2. The van der Waals surface area contributed by atoms with E-state index in [1.807, 2.05) is 0 Å². The number of benzene rings is 1. The predicted molar refractivity (Wildman–Crippen MR) is 78.9 cm³/mol. The Hall–Kier alpha value is -1.55. The molecule has 1 N–H and O–H groups in total. The molecule has 0 unspecified atom stereocenters. The van der Waals surface area contributed by atoms with Crippen molar-refractivity contribution in [1.29, 1.82) is 0 Å². The maximum absolute atomic E-state index is 13.2. The number of morpholine rings is 1. The molecule has 0 radical (unpaired) electrons. The van der Waals surface area contributed by atoms with Gasteiger partial charge in [-0.3, -0.25) is 9.35 Å². The van der Waals surface area contributed by atoms with Gasteiger partial charge in [0.05, 0.1) is 19.3 Å². The third-order valence-electron chi connectivity index (χ3n) is 4.14. The van der Waals surface area contributed by atoms with Gasteiger partial charge in [0.2, 0.25) is 0 Å². The Bertz CT molecular complexity index is 724. The Kier molecular flexibility index (Phi) is 4.37. The van der Waals surface area contributed by atoms with Crippen LogP contribution in [-0.2, 0) is 21.5 Å². The molecule has 0 aromatic heterocycles. The maximum atomic E-state index is 13.2. The van der Waals surface area contributed by atoms with Gasteiger partial charge in [-0.15, -0.1) is 0 Å². The van der Waals surface area contributed by atoms with Crippen molar-refractivity contribution < 1.29 is 26.9 Å². The lowest BCUT2D eigenvalue weighted by Gasteiger charge is -2.37. The molecule has 1 fully saturated rings. The number of hydrogen-bond donors (Lipinski definition) is 1. The minimum Gasteiger partial charge on any atom is -0.378 e. The fraction of sp³-hybridized carbons (Fsp3) is 0.500. The lowest BCUT2D eigenvalue weighted by Crippen LogP contribution is -2.55. The first kappa shape index (κ1) is 16.3. The number of halogens is 1. The Morgan fingerprint density at radius 3 is 2.87 bits per heavy atom. The van der Waals surface area contributed by atoms with E-state index >= 15 is 0 Å². The van der Waals surface area contributed by atoms with Crippen LogP contribution in [0.15, 0.2) is 18.2 Å². The smallest absolute Gasteiger partial charge is 0.336 e. The molecule has 0 spiro atoms. The second-order valence-corrected chi connectivity index (χ2v) is 6.98. The molecule has 9 heteroatoms. The molecule has 1 atom stereocenters. The number of nitrogens with zero attached hydrogens (tertiary/aromatic N) is 2. The summed E-state index contributed by atoms with van der Waals surface area (Å²) in [6.45, 7) is 0.847. The van der Waals surface area contributed by atoms with Crippen LogP contribution in [0.4, 0.5) is 4.39 Å². The standard InChI is InChI=1S/C14H17FN2O5S/c15-11-1-2-13-10(7-11)3-4-16(14(13)18)8-12-9-22-6-5-17(12)23(19,20)21/h1-2,7,12H,3-6,8-9H2,(H,19,20,21)/t12-/m0/s1. The zero-order valence-electron chi connectivity index (χ0n) is 12.3. The zero-order chi connectivity index (χ0) is 16.6. The molecule has 0 bridgehead atoms. The molecule has 1 saturated heterocycles. The molecule has 2 aliphatic rings. The normalized spacial score (nSPS) is 23.0. The fourth-order valence-corrected chi connectivity index (χ4v) is 3.83. The van der Waals surface area contributed by atoms with Gasteiger partial charge in [0.25, 0.3) is 5.91 Å². The summed E-state index contributed by atoms with van der Waals surface area (Å²) in [5.74, 6) is -0.657. The van der Waals surface area contributed by atoms with Crippen LogP contribution in [-0.4, -0.2) is 67.0 Å². The summed E-state index contributed by atoms with van der Waals surface area (Å²) in [6, 6.07) is 3.38. The Balaban J connectivity index is 1.78. The number of carbonyl (C=O) groups excluding carboxylic acids is 1. The van der Waals surface area contributed by atoms with E-state index in [9.17, 15) is 22.2 Å². The number of hydrogen-bond acceptors (Lipinski definition) is 4. The van der Waals surface area contributed by atoms with Gasteiger partial charge >= 0.3 is 10.3 Å². The molecule has 2 heterocycles. The molecule has 1 amide bonds. The van der Waals surface area contributed by atoms with Crippen molar-refractivity contribution in [3.63, 3.8) is 0 Å². The van der Waals surface area contributed by atoms with E-state index in [0.29, 0.717) is 24.1 Å². The lowest BCUT2D eigenvalue weighted by molar-refractivity contribution is 0.0142. The van der Waals surface area contributed by atoms with Gasteiger partial charge in [-0.2, -0.15) is 12.7 Å². The summed E-state index contributed by atoms with van der Waals surface area (Å²) >= 11 is 0. The quantitative estimate of drug-likeness (QED) is 0.799. The topological polar surface area (TPSA) is 87.2 Å². The van der Waals surface area contributed by atoms with E-state index in [-0.39, 0.29) is 38.0 Å². The Morgan fingerprint density at radius 2 is 2.13 bits per heavy atom. The number of carbonyl (C=O) groups is 1. The second-order valence-electron chi connectivity index (χ2n) is 5.62. The van der Waals surface area contributed by atoms with Crippen LogP contribution >= 0.6 is 0 Å². The van der Waals surface area contributed by atoms with E-state index in [1.54, 1.807) is 0 Å². The summed E-state index contributed by atoms with van der Waals surface area (Å²) in [6.07, 6.45) is 0.498. The highest BCUT2D eigenvalue weighted by Crippen LogP contribution is 2.22. The molecule has 23 heavy (non-hydrogen) atoms. The van der Waals surface area contributed by atoms with Gasteiger partial charge in [0.1, 0.15) is 5.82 Å². The van der Waals surface area contributed by atoms with Crippen LogP contribution in [0.1, 0.15) is 15.9 Å².